The van der Waals surface area contributed by atoms with Crippen molar-refractivity contribution >= 4 is 17.4 Å². The minimum Gasteiger partial charge on any atom is -0.493 e. The summed E-state index contributed by atoms with van der Waals surface area (Å²) in [5, 5.41) is 2.71. The van der Waals surface area contributed by atoms with E-state index in [0.29, 0.717) is 28.5 Å². The van der Waals surface area contributed by atoms with Crippen LogP contribution in [0.2, 0.25) is 0 Å². The summed E-state index contributed by atoms with van der Waals surface area (Å²) in [5.41, 5.74) is 2.72. The van der Waals surface area contributed by atoms with E-state index in [-0.39, 0.29) is 18.2 Å². The molecule has 3 aromatic rings. The first-order valence-electron chi connectivity index (χ1n) is 9.69. The fraction of sp³-hybridized carbons (Fsp3) is 0.250. The molecule has 1 aromatic heterocycles. The third-order valence-corrected chi connectivity index (χ3v) is 4.75. The first-order chi connectivity index (χ1) is 14.8. The minimum absolute atomic E-state index is 0.101. The van der Waals surface area contributed by atoms with Crippen LogP contribution in [0.5, 0.6) is 17.2 Å². The van der Waals surface area contributed by atoms with E-state index in [1.54, 1.807) is 18.2 Å². The average molecular weight is 423 g/mol. The molecular formula is C24H25NO6. The number of methoxy groups -OCH3 is 2. The average Bonchev–Trinajstić information content (AvgIpc) is 3.23. The van der Waals surface area contributed by atoms with Crippen molar-refractivity contribution in [2.45, 2.75) is 27.4 Å². The highest BCUT2D eigenvalue weighted by molar-refractivity contribution is 6.08. The summed E-state index contributed by atoms with van der Waals surface area (Å²) in [6.45, 7) is 5.55. The molecule has 7 heteroatoms. The van der Waals surface area contributed by atoms with Crippen molar-refractivity contribution in [3.63, 3.8) is 0 Å². The van der Waals surface area contributed by atoms with Gasteiger partial charge in [0, 0.05) is 11.6 Å². The van der Waals surface area contributed by atoms with Crippen LogP contribution < -0.4 is 19.5 Å². The number of furan rings is 1. The van der Waals surface area contributed by atoms with Gasteiger partial charge in [0.25, 0.3) is 5.91 Å². The first kappa shape index (κ1) is 22.0. The van der Waals surface area contributed by atoms with Gasteiger partial charge < -0.3 is 23.9 Å². The van der Waals surface area contributed by atoms with E-state index >= 15 is 0 Å². The molecule has 0 radical (unpaired) electrons. The zero-order chi connectivity index (χ0) is 22.5. The number of hydrogen-bond acceptors (Lipinski definition) is 6. The molecule has 0 aliphatic rings. The largest absolute Gasteiger partial charge is 0.493 e. The van der Waals surface area contributed by atoms with E-state index in [0.717, 1.165) is 16.9 Å². The number of carbonyl (C=O) groups excluding carboxylic acids is 2. The maximum Gasteiger partial charge on any atom is 0.291 e. The van der Waals surface area contributed by atoms with Gasteiger partial charge in [-0.3, -0.25) is 9.59 Å². The zero-order valence-corrected chi connectivity index (χ0v) is 18.2. The van der Waals surface area contributed by atoms with Crippen molar-refractivity contribution in [2.24, 2.45) is 0 Å². The number of hydrogen-bond donors (Lipinski definition) is 1. The smallest absolute Gasteiger partial charge is 0.291 e. The molecule has 3 rings (SSSR count). The van der Waals surface area contributed by atoms with Gasteiger partial charge in [-0.25, -0.2) is 0 Å². The Bertz CT molecular complexity index is 1120. The van der Waals surface area contributed by atoms with Crippen molar-refractivity contribution in [1.82, 2.24) is 0 Å². The molecule has 0 fully saturated rings. The zero-order valence-electron chi connectivity index (χ0n) is 18.2. The van der Waals surface area contributed by atoms with Crippen molar-refractivity contribution in [3.05, 3.63) is 70.7 Å². The minimum atomic E-state index is -0.493. The number of ether oxygens (including phenoxy) is 3. The van der Waals surface area contributed by atoms with Crippen molar-refractivity contribution < 1.29 is 28.2 Å². The highest BCUT2D eigenvalue weighted by Crippen LogP contribution is 2.34. The van der Waals surface area contributed by atoms with Gasteiger partial charge in [0.15, 0.2) is 23.0 Å². The van der Waals surface area contributed by atoms with Crippen LogP contribution in [0, 0.1) is 13.8 Å². The molecule has 1 amide bonds. The molecule has 1 N–H and O–H groups in total. The summed E-state index contributed by atoms with van der Waals surface area (Å²) in [4.78, 5) is 24.7. The molecule has 0 saturated heterocycles. The second-order valence-electron chi connectivity index (χ2n) is 7.09. The molecule has 0 aliphatic heterocycles. The van der Waals surface area contributed by atoms with E-state index in [9.17, 15) is 9.59 Å². The van der Waals surface area contributed by atoms with Gasteiger partial charge in [-0.2, -0.15) is 0 Å². The lowest BCUT2D eigenvalue weighted by Gasteiger charge is -2.14. The highest BCUT2D eigenvalue weighted by atomic mass is 16.5. The van der Waals surface area contributed by atoms with Gasteiger partial charge >= 0.3 is 0 Å². The van der Waals surface area contributed by atoms with Crippen molar-refractivity contribution in [2.75, 3.05) is 19.5 Å². The number of Topliss-reactive ketones (excluding diaryl/α,β-unsaturated/α-hetero) is 1. The summed E-state index contributed by atoms with van der Waals surface area (Å²) >= 11 is 0. The second-order valence-corrected chi connectivity index (χ2v) is 7.09. The molecule has 7 nitrogen and oxygen atoms in total. The molecule has 0 bridgehead atoms. The van der Waals surface area contributed by atoms with Gasteiger partial charge in [-0.15, -0.1) is 0 Å². The van der Waals surface area contributed by atoms with Gasteiger partial charge in [0.1, 0.15) is 18.1 Å². The van der Waals surface area contributed by atoms with Crippen LogP contribution >= 0.6 is 0 Å². The number of nitrogens with one attached hydrogen (secondary N) is 1. The fourth-order valence-corrected chi connectivity index (χ4v) is 3.05. The van der Waals surface area contributed by atoms with Crippen molar-refractivity contribution in [3.8, 4) is 17.2 Å². The molecule has 31 heavy (non-hydrogen) atoms. The second kappa shape index (κ2) is 9.38. The SMILES string of the molecule is COc1cc(NC(=O)c2ccc(COc3cc(C)ccc3C)o2)c(C(C)=O)cc1OC. The molecule has 1 heterocycles. The van der Waals surface area contributed by atoms with Crippen LogP contribution in [-0.2, 0) is 6.61 Å². The maximum absolute atomic E-state index is 12.7. The summed E-state index contributed by atoms with van der Waals surface area (Å²) in [5.74, 6) is 1.44. The number of ketones is 1. The topological polar surface area (TPSA) is 87.0 Å². The Hall–Kier alpha value is -3.74. The number of rotatable bonds is 8. The molecule has 0 atom stereocenters. The molecule has 0 saturated carbocycles. The normalized spacial score (nSPS) is 10.5. The van der Waals surface area contributed by atoms with Crippen molar-refractivity contribution in [1.29, 1.82) is 0 Å². The summed E-state index contributed by atoms with van der Waals surface area (Å²) in [6.07, 6.45) is 0. The van der Waals surface area contributed by atoms with Crippen LogP contribution in [-0.4, -0.2) is 25.9 Å². The molecule has 2 aromatic carbocycles. The van der Waals surface area contributed by atoms with Gasteiger partial charge in [0.05, 0.1) is 19.9 Å². The lowest BCUT2D eigenvalue weighted by molar-refractivity contribution is 0.0992. The Morgan fingerprint density at radius 1 is 0.935 bits per heavy atom. The Morgan fingerprint density at radius 3 is 2.32 bits per heavy atom. The Kier molecular flexibility index (Phi) is 6.65. The van der Waals surface area contributed by atoms with E-state index in [1.165, 1.54) is 27.2 Å². The lowest BCUT2D eigenvalue weighted by atomic mass is 10.1. The molecule has 0 aliphatic carbocycles. The lowest BCUT2D eigenvalue weighted by Crippen LogP contribution is -2.14. The number of aryl methyl sites for hydroxylation is 2. The number of anilines is 1. The molecule has 162 valence electrons. The maximum atomic E-state index is 12.7. The molecule has 0 unspecified atom stereocenters. The number of amides is 1. The highest BCUT2D eigenvalue weighted by Gasteiger charge is 2.19. The summed E-state index contributed by atoms with van der Waals surface area (Å²) < 4.78 is 22.0. The first-order valence-corrected chi connectivity index (χ1v) is 9.69. The monoisotopic (exact) mass is 423 g/mol. The van der Waals surface area contributed by atoms with Gasteiger partial charge in [-0.1, -0.05) is 12.1 Å². The molecule has 0 spiro atoms. The Morgan fingerprint density at radius 2 is 1.65 bits per heavy atom. The Balaban J connectivity index is 1.75. The van der Waals surface area contributed by atoms with Crippen LogP contribution in [0.15, 0.2) is 46.9 Å². The molecular weight excluding hydrogens is 398 g/mol. The number of benzene rings is 2. The fourth-order valence-electron chi connectivity index (χ4n) is 3.05. The van der Waals surface area contributed by atoms with E-state index < -0.39 is 5.91 Å². The van der Waals surface area contributed by atoms with Gasteiger partial charge in [-0.05, 0) is 56.2 Å². The van der Waals surface area contributed by atoms with Crippen LogP contribution in [0.1, 0.15) is 44.7 Å². The van der Waals surface area contributed by atoms with E-state index in [2.05, 4.69) is 5.32 Å². The van der Waals surface area contributed by atoms with E-state index in [4.69, 9.17) is 18.6 Å². The van der Waals surface area contributed by atoms with Crippen LogP contribution in [0.25, 0.3) is 0 Å². The van der Waals surface area contributed by atoms with Crippen LogP contribution in [0.3, 0.4) is 0 Å². The predicted octanol–water partition coefficient (Wildman–Crippen LogP) is 4.95. The quantitative estimate of drug-likeness (QED) is 0.516. The van der Waals surface area contributed by atoms with Crippen LogP contribution in [0.4, 0.5) is 5.69 Å². The third-order valence-electron chi connectivity index (χ3n) is 4.75. The predicted molar refractivity (Wildman–Crippen MR) is 116 cm³/mol. The van der Waals surface area contributed by atoms with E-state index in [1.807, 2.05) is 32.0 Å². The summed E-state index contributed by atoms with van der Waals surface area (Å²) in [6, 6.07) is 12.3. The summed E-state index contributed by atoms with van der Waals surface area (Å²) in [7, 11) is 2.95. The third kappa shape index (κ3) is 5.06. The standard InChI is InChI=1S/C24H25NO6/c1-14-6-7-15(2)21(10-14)30-13-17-8-9-20(31-17)24(27)25-19-12-23(29-5)22(28-4)11-18(19)16(3)26/h6-12H,13H2,1-5H3,(H,25,27). The number of carbonyl (C=O) groups is 2. The van der Waals surface area contributed by atoms with Gasteiger partial charge in [0.2, 0.25) is 0 Å². The Labute approximate surface area is 180 Å².